The minimum Gasteiger partial charge on any atom is -0.492 e. The van der Waals surface area contributed by atoms with Crippen LogP contribution in [0.5, 0.6) is 5.88 Å². The summed E-state index contributed by atoms with van der Waals surface area (Å²) in [5, 5.41) is 11.7. The molecular weight excluding hydrogens is 217 g/mol. The molecule has 15 heavy (non-hydrogen) atoms. The molecule has 0 aliphatic heterocycles. The van der Waals surface area contributed by atoms with Gasteiger partial charge in [-0.05, 0) is 6.92 Å². The number of aromatic nitrogens is 2. The highest BCUT2D eigenvalue weighted by molar-refractivity contribution is 5.70. The lowest BCUT2D eigenvalue weighted by atomic mass is 10.4. The van der Waals surface area contributed by atoms with Crippen molar-refractivity contribution < 1.29 is 27.8 Å². The topological polar surface area (TPSA) is 64.4 Å². The highest BCUT2D eigenvalue weighted by Crippen LogP contribution is 2.31. The zero-order valence-electron chi connectivity index (χ0n) is 7.58. The highest BCUT2D eigenvalue weighted by atomic mass is 19.4. The lowest BCUT2D eigenvalue weighted by molar-refractivity contribution is -0.143. The molecule has 5 nitrogen and oxygen atoms in total. The van der Waals surface area contributed by atoms with Crippen molar-refractivity contribution in [3.8, 4) is 5.88 Å². The Balaban J connectivity index is 3.12. The molecule has 1 aromatic rings. The Kier molecular flexibility index (Phi) is 2.87. The van der Waals surface area contributed by atoms with Crippen molar-refractivity contribution in [2.45, 2.75) is 13.1 Å². The number of hydrogen-bond donors (Lipinski definition) is 1. The van der Waals surface area contributed by atoms with Crippen molar-refractivity contribution in [2.75, 3.05) is 6.61 Å². The van der Waals surface area contributed by atoms with Crippen LogP contribution in [-0.2, 0) is 10.9 Å². The standard InChI is InChI=1S/C7H7F3N2O3/c1-2-15-6(14)12-4(7(8,9)10)3-5(13)11-12/h3H,2H2,1H3,(H,11,13). The summed E-state index contributed by atoms with van der Waals surface area (Å²) < 4.78 is 41.1. The molecule has 84 valence electrons. The van der Waals surface area contributed by atoms with Crippen LogP contribution in [0.4, 0.5) is 18.0 Å². The van der Waals surface area contributed by atoms with Gasteiger partial charge in [-0.1, -0.05) is 0 Å². The van der Waals surface area contributed by atoms with Crippen LogP contribution in [0, 0.1) is 0 Å². The van der Waals surface area contributed by atoms with Gasteiger partial charge in [0.25, 0.3) is 0 Å². The maximum Gasteiger partial charge on any atom is 0.435 e. The van der Waals surface area contributed by atoms with E-state index in [2.05, 4.69) is 9.84 Å². The molecule has 1 rings (SSSR count). The van der Waals surface area contributed by atoms with Crippen LogP contribution in [0.2, 0.25) is 0 Å². The second-order valence-corrected chi connectivity index (χ2v) is 2.50. The van der Waals surface area contributed by atoms with E-state index in [1.54, 1.807) is 0 Å². The van der Waals surface area contributed by atoms with Crippen LogP contribution in [0.3, 0.4) is 0 Å². The van der Waals surface area contributed by atoms with Gasteiger partial charge in [-0.25, -0.2) is 4.79 Å². The van der Waals surface area contributed by atoms with Crippen molar-refractivity contribution in [2.24, 2.45) is 0 Å². The molecule has 0 fully saturated rings. The first-order valence-electron chi connectivity index (χ1n) is 3.89. The van der Waals surface area contributed by atoms with Crippen LogP contribution < -0.4 is 0 Å². The normalized spacial score (nSPS) is 11.5. The predicted octanol–water partition coefficient (Wildman–Crippen LogP) is 1.61. The van der Waals surface area contributed by atoms with Crippen molar-refractivity contribution in [3.63, 3.8) is 0 Å². The fourth-order valence-electron chi connectivity index (χ4n) is 0.894. The van der Waals surface area contributed by atoms with E-state index >= 15 is 0 Å². The maximum absolute atomic E-state index is 12.3. The molecular formula is C7H7F3N2O3. The number of nitrogens with zero attached hydrogens (tertiary/aromatic N) is 2. The summed E-state index contributed by atoms with van der Waals surface area (Å²) in [5.74, 6) is -0.893. The first-order valence-corrected chi connectivity index (χ1v) is 3.89. The fourth-order valence-corrected chi connectivity index (χ4v) is 0.894. The van der Waals surface area contributed by atoms with Gasteiger partial charge in [0.05, 0.1) is 6.61 Å². The first-order chi connectivity index (χ1) is 6.86. The number of halogens is 3. The van der Waals surface area contributed by atoms with E-state index in [1.165, 1.54) is 6.92 Å². The van der Waals surface area contributed by atoms with Gasteiger partial charge in [0, 0.05) is 6.07 Å². The van der Waals surface area contributed by atoms with Gasteiger partial charge in [-0.2, -0.15) is 17.9 Å². The maximum atomic E-state index is 12.3. The quantitative estimate of drug-likeness (QED) is 0.787. The lowest BCUT2D eigenvalue weighted by Gasteiger charge is -2.07. The molecule has 0 spiro atoms. The Hall–Kier alpha value is -1.73. The van der Waals surface area contributed by atoms with Gasteiger partial charge in [0.1, 0.15) is 0 Å². The Bertz CT molecular complexity index is 372. The number of carbonyl (C=O) groups excluding carboxylic acids is 1. The Labute approximate surface area is 82.1 Å². The molecule has 0 aliphatic carbocycles. The van der Waals surface area contributed by atoms with Crippen molar-refractivity contribution >= 4 is 6.09 Å². The average Bonchev–Trinajstić information content (AvgIpc) is 2.47. The third kappa shape index (κ3) is 2.39. The number of alkyl halides is 3. The van der Waals surface area contributed by atoms with E-state index in [0.29, 0.717) is 6.07 Å². The molecule has 0 amide bonds. The zero-order valence-corrected chi connectivity index (χ0v) is 7.58. The molecule has 8 heteroatoms. The second-order valence-electron chi connectivity index (χ2n) is 2.50. The van der Waals surface area contributed by atoms with Gasteiger partial charge < -0.3 is 9.84 Å². The van der Waals surface area contributed by atoms with E-state index in [0.717, 1.165) is 0 Å². The predicted molar refractivity (Wildman–Crippen MR) is 41.3 cm³/mol. The molecule has 1 aromatic heterocycles. The monoisotopic (exact) mass is 224 g/mol. The van der Waals surface area contributed by atoms with Crippen molar-refractivity contribution in [3.05, 3.63) is 11.8 Å². The Morgan fingerprint density at radius 2 is 2.27 bits per heavy atom. The first kappa shape index (κ1) is 11.3. The van der Waals surface area contributed by atoms with E-state index in [4.69, 9.17) is 5.11 Å². The Morgan fingerprint density at radius 1 is 1.67 bits per heavy atom. The second kappa shape index (κ2) is 3.79. The van der Waals surface area contributed by atoms with E-state index in [9.17, 15) is 18.0 Å². The molecule has 0 aliphatic rings. The zero-order chi connectivity index (χ0) is 11.6. The molecule has 0 radical (unpaired) electrons. The molecule has 0 saturated heterocycles. The van der Waals surface area contributed by atoms with E-state index < -0.39 is 23.8 Å². The SMILES string of the molecule is CCOC(=O)n1nc(O)cc1C(F)(F)F. The average molecular weight is 224 g/mol. The van der Waals surface area contributed by atoms with Crippen LogP contribution in [0.15, 0.2) is 6.07 Å². The minimum atomic E-state index is -4.78. The third-order valence-corrected chi connectivity index (χ3v) is 1.43. The van der Waals surface area contributed by atoms with Gasteiger partial charge >= 0.3 is 12.3 Å². The van der Waals surface area contributed by atoms with Gasteiger partial charge in [0.2, 0.25) is 5.88 Å². The summed E-state index contributed by atoms with van der Waals surface area (Å²) >= 11 is 0. The number of rotatable bonds is 1. The van der Waals surface area contributed by atoms with Crippen LogP contribution >= 0.6 is 0 Å². The number of hydrogen-bond acceptors (Lipinski definition) is 4. The summed E-state index contributed by atoms with van der Waals surface area (Å²) in [6, 6.07) is 0.344. The van der Waals surface area contributed by atoms with Crippen molar-refractivity contribution in [1.29, 1.82) is 0 Å². The number of aromatic hydroxyl groups is 1. The van der Waals surface area contributed by atoms with Gasteiger partial charge in [0.15, 0.2) is 5.69 Å². The number of ether oxygens (including phenoxy) is 1. The minimum absolute atomic E-state index is 0.0289. The van der Waals surface area contributed by atoms with Crippen molar-refractivity contribution in [1.82, 2.24) is 9.78 Å². The summed E-state index contributed by atoms with van der Waals surface area (Å²) in [5.41, 5.74) is -1.38. The molecule has 0 atom stereocenters. The molecule has 1 N–H and O–H groups in total. The smallest absolute Gasteiger partial charge is 0.435 e. The summed E-state index contributed by atoms with van der Waals surface area (Å²) in [4.78, 5) is 11.0. The summed E-state index contributed by atoms with van der Waals surface area (Å²) in [6.07, 6.45) is -6.06. The van der Waals surface area contributed by atoms with E-state index in [1.807, 2.05) is 0 Å². The molecule has 0 saturated carbocycles. The van der Waals surface area contributed by atoms with Gasteiger partial charge in [-0.3, -0.25) is 0 Å². The highest BCUT2D eigenvalue weighted by Gasteiger charge is 2.38. The van der Waals surface area contributed by atoms with Gasteiger partial charge in [-0.15, -0.1) is 5.10 Å². The van der Waals surface area contributed by atoms with Crippen LogP contribution in [0.1, 0.15) is 12.6 Å². The molecule has 1 heterocycles. The Morgan fingerprint density at radius 3 is 2.73 bits per heavy atom. The lowest BCUT2D eigenvalue weighted by Crippen LogP contribution is -2.22. The molecule has 0 unspecified atom stereocenters. The summed E-state index contributed by atoms with van der Waals surface area (Å²) in [6.45, 7) is 1.35. The summed E-state index contributed by atoms with van der Waals surface area (Å²) in [7, 11) is 0. The van der Waals surface area contributed by atoms with Crippen LogP contribution in [0.25, 0.3) is 0 Å². The van der Waals surface area contributed by atoms with E-state index in [-0.39, 0.29) is 11.3 Å². The van der Waals surface area contributed by atoms with Crippen LogP contribution in [-0.4, -0.2) is 27.6 Å². The fraction of sp³-hybridized carbons (Fsp3) is 0.429. The largest absolute Gasteiger partial charge is 0.492 e. The molecule has 0 bridgehead atoms. The number of carbonyl (C=O) groups is 1. The third-order valence-electron chi connectivity index (χ3n) is 1.43. The molecule has 0 aromatic carbocycles.